The highest BCUT2D eigenvalue weighted by molar-refractivity contribution is 5.92. The summed E-state index contributed by atoms with van der Waals surface area (Å²) in [5.74, 6) is 0. The minimum Gasteiger partial charge on any atom is -0.330 e. The molecule has 4 nitrogen and oxygen atoms in total. The molecule has 0 saturated heterocycles. The normalized spacial score (nSPS) is 12.0. The van der Waals surface area contributed by atoms with Crippen LogP contribution < -0.4 is 5.73 Å². The first-order chi connectivity index (χ1) is 11.0. The number of nitrogens with two attached hydrogens (primary N) is 1. The smallest absolute Gasteiger partial charge is 0.330 e. The summed E-state index contributed by atoms with van der Waals surface area (Å²) in [5.41, 5.74) is 7.00. The molecule has 0 atom stereocenters. The zero-order chi connectivity index (χ0) is 16.4. The molecule has 2 N–H and O–H groups in total. The van der Waals surface area contributed by atoms with E-state index in [1.807, 2.05) is 10.7 Å². The molecule has 0 aliphatic rings. The molecule has 0 aliphatic heterocycles. The van der Waals surface area contributed by atoms with Crippen LogP contribution in [0.4, 0.5) is 13.2 Å². The van der Waals surface area contributed by atoms with Crippen molar-refractivity contribution in [1.29, 1.82) is 0 Å². The number of benzene rings is 1. The summed E-state index contributed by atoms with van der Waals surface area (Å²) in [6, 6.07) is 6.84. The third kappa shape index (κ3) is 3.05. The number of pyridine rings is 1. The lowest BCUT2D eigenvalue weighted by molar-refractivity contribution is -0.137. The van der Waals surface area contributed by atoms with Crippen molar-refractivity contribution in [2.75, 3.05) is 6.54 Å². The van der Waals surface area contributed by atoms with Gasteiger partial charge in [-0.25, -0.2) is 0 Å². The number of hydrogen-bond donors (Lipinski definition) is 1. The largest absolute Gasteiger partial charge is 0.416 e. The Morgan fingerprint density at radius 2 is 1.83 bits per heavy atom. The van der Waals surface area contributed by atoms with Gasteiger partial charge in [0.05, 0.1) is 11.1 Å². The Hall–Kier alpha value is -2.41. The lowest BCUT2D eigenvalue weighted by Crippen LogP contribution is -2.07. The van der Waals surface area contributed by atoms with Crippen LogP contribution in [0.1, 0.15) is 12.0 Å². The molecule has 23 heavy (non-hydrogen) atoms. The highest BCUT2D eigenvalue weighted by atomic mass is 19.4. The fourth-order valence-electron chi connectivity index (χ4n) is 2.46. The predicted molar refractivity (Wildman–Crippen MR) is 81.6 cm³/mol. The van der Waals surface area contributed by atoms with Crippen molar-refractivity contribution in [2.24, 2.45) is 5.73 Å². The van der Waals surface area contributed by atoms with Crippen LogP contribution in [0.2, 0.25) is 0 Å². The standard InChI is InChI=1S/C16H15F3N4/c17-16(18,19)12-4-2-11(3-5-12)15-13-10-21-8-6-14(13)23(22-15)9-1-7-20/h2-6,8,10H,1,7,9,20H2. The molecule has 120 valence electrons. The van der Waals surface area contributed by atoms with Crippen LogP contribution in [0.15, 0.2) is 42.7 Å². The number of alkyl halides is 3. The summed E-state index contributed by atoms with van der Waals surface area (Å²) >= 11 is 0. The average Bonchev–Trinajstić information content (AvgIpc) is 2.91. The molecule has 7 heteroatoms. The van der Waals surface area contributed by atoms with E-state index in [0.717, 1.165) is 29.5 Å². The average molecular weight is 320 g/mol. The van der Waals surface area contributed by atoms with Gasteiger partial charge in [0.15, 0.2) is 0 Å². The summed E-state index contributed by atoms with van der Waals surface area (Å²) < 4.78 is 39.8. The van der Waals surface area contributed by atoms with Crippen molar-refractivity contribution in [1.82, 2.24) is 14.8 Å². The molecule has 0 aliphatic carbocycles. The zero-order valence-corrected chi connectivity index (χ0v) is 12.2. The fraction of sp³-hybridized carbons (Fsp3) is 0.250. The first kappa shape index (κ1) is 15.5. The molecule has 2 heterocycles. The summed E-state index contributed by atoms with van der Waals surface area (Å²) in [5, 5.41) is 5.34. The van der Waals surface area contributed by atoms with E-state index in [-0.39, 0.29) is 0 Å². The maximum atomic E-state index is 12.7. The van der Waals surface area contributed by atoms with Crippen LogP contribution in [0, 0.1) is 0 Å². The van der Waals surface area contributed by atoms with Crippen LogP contribution in [0.3, 0.4) is 0 Å². The minimum absolute atomic E-state index is 0.544. The molecule has 0 saturated carbocycles. The molecule has 0 fully saturated rings. The Morgan fingerprint density at radius 1 is 1.09 bits per heavy atom. The van der Waals surface area contributed by atoms with Crippen molar-refractivity contribution in [3.05, 3.63) is 48.3 Å². The van der Waals surface area contributed by atoms with Crippen molar-refractivity contribution in [3.8, 4) is 11.3 Å². The highest BCUT2D eigenvalue weighted by Gasteiger charge is 2.30. The molecule has 0 radical (unpaired) electrons. The van der Waals surface area contributed by atoms with Crippen LogP contribution in [0.5, 0.6) is 0 Å². The third-order valence-corrected chi connectivity index (χ3v) is 3.61. The maximum Gasteiger partial charge on any atom is 0.416 e. The second-order valence-corrected chi connectivity index (χ2v) is 5.18. The lowest BCUT2D eigenvalue weighted by atomic mass is 10.1. The second kappa shape index (κ2) is 6.00. The Labute approximate surface area is 130 Å². The summed E-state index contributed by atoms with van der Waals surface area (Å²) in [6.07, 6.45) is -0.234. The van der Waals surface area contributed by atoms with Crippen LogP contribution in [-0.4, -0.2) is 21.3 Å². The molecule has 0 amide bonds. The summed E-state index contributed by atoms with van der Waals surface area (Å²) in [6.45, 7) is 1.19. The van der Waals surface area contributed by atoms with Gasteiger partial charge in [0.1, 0.15) is 5.69 Å². The van der Waals surface area contributed by atoms with E-state index < -0.39 is 11.7 Å². The Balaban J connectivity index is 2.05. The van der Waals surface area contributed by atoms with Crippen LogP contribution in [-0.2, 0) is 12.7 Å². The van der Waals surface area contributed by atoms with E-state index in [0.29, 0.717) is 24.3 Å². The number of aryl methyl sites for hydroxylation is 1. The fourth-order valence-corrected chi connectivity index (χ4v) is 2.46. The second-order valence-electron chi connectivity index (χ2n) is 5.18. The van der Waals surface area contributed by atoms with E-state index in [1.54, 1.807) is 12.4 Å². The van der Waals surface area contributed by atoms with Crippen LogP contribution >= 0.6 is 0 Å². The maximum absolute atomic E-state index is 12.7. The van der Waals surface area contributed by atoms with Crippen molar-refractivity contribution >= 4 is 10.9 Å². The number of aromatic nitrogens is 3. The zero-order valence-electron chi connectivity index (χ0n) is 12.2. The molecule has 3 rings (SSSR count). The van der Waals surface area contributed by atoms with Gasteiger partial charge in [-0.2, -0.15) is 18.3 Å². The minimum atomic E-state index is -4.34. The number of fused-ring (bicyclic) bond motifs is 1. The van der Waals surface area contributed by atoms with Gasteiger partial charge in [0, 0.05) is 29.9 Å². The predicted octanol–water partition coefficient (Wildman–Crippen LogP) is 3.47. The molecule has 0 bridgehead atoms. The Morgan fingerprint density at radius 3 is 2.48 bits per heavy atom. The summed E-state index contributed by atoms with van der Waals surface area (Å²) in [4.78, 5) is 4.09. The first-order valence-electron chi connectivity index (χ1n) is 7.19. The first-order valence-corrected chi connectivity index (χ1v) is 7.19. The number of rotatable bonds is 4. The summed E-state index contributed by atoms with van der Waals surface area (Å²) in [7, 11) is 0. The molecule has 2 aromatic heterocycles. The highest BCUT2D eigenvalue weighted by Crippen LogP contribution is 2.32. The van der Waals surface area contributed by atoms with E-state index in [4.69, 9.17) is 5.73 Å². The van der Waals surface area contributed by atoms with Gasteiger partial charge in [0.25, 0.3) is 0 Å². The molecule has 3 aromatic rings. The van der Waals surface area contributed by atoms with Crippen molar-refractivity contribution in [3.63, 3.8) is 0 Å². The van der Waals surface area contributed by atoms with Gasteiger partial charge in [0.2, 0.25) is 0 Å². The van der Waals surface area contributed by atoms with Gasteiger partial charge in [-0.1, -0.05) is 12.1 Å². The van der Waals surface area contributed by atoms with Crippen molar-refractivity contribution < 1.29 is 13.2 Å². The van der Waals surface area contributed by atoms with Gasteiger partial charge in [-0.15, -0.1) is 0 Å². The Bertz CT molecular complexity index is 806. The number of nitrogens with zero attached hydrogens (tertiary/aromatic N) is 3. The molecule has 0 unspecified atom stereocenters. The van der Waals surface area contributed by atoms with Gasteiger partial charge in [-0.3, -0.25) is 9.67 Å². The molecule has 1 aromatic carbocycles. The topological polar surface area (TPSA) is 56.7 Å². The van der Waals surface area contributed by atoms with Crippen LogP contribution in [0.25, 0.3) is 22.2 Å². The number of hydrogen-bond acceptors (Lipinski definition) is 3. The quantitative estimate of drug-likeness (QED) is 0.801. The monoisotopic (exact) mass is 320 g/mol. The van der Waals surface area contributed by atoms with Gasteiger partial charge < -0.3 is 5.73 Å². The van der Waals surface area contributed by atoms with E-state index in [9.17, 15) is 13.2 Å². The SMILES string of the molecule is NCCCn1nc(-c2ccc(C(F)(F)F)cc2)c2cnccc21. The van der Waals surface area contributed by atoms with Gasteiger partial charge >= 0.3 is 6.18 Å². The van der Waals surface area contributed by atoms with Gasteiger partial charge in [-0.05, 0) is 31.2 Å². The molecular formula is C16H15F3N4. The Kier molecular flexibility index (Phi) is 4.04. The van der Waals surface area contributed by atoms with E-state index >= 15 is 0 Å². The van der Waals surface area contributed by atoms with E-state index in [1.165, 1.54) is 12.1 Å². The third-order valence-electron chi connectivity index (χ3n) is 3.61. The van der Waals surface area contributed by atoms with E-state index in [2.05, 4.69) is 10.1 Å². The van der Waals surface area contributed by atoms with Crippen molar-refractivity contribution in [2.45, 2.75) is 19.1 Å². The molecular weight excluding hydrogens is 305 g/mol. The molecule has 0 spiro atoms. The number of halogens is 3. The lowest BCUT2D eigenvalue weighted by Gasteiger charge is -2.06.